The molecule has 0 amide bonds. The molecule has 1 heterocycles. The van der Waals surface area contributed by atoms with Crippen LogP contribution in [0.25, 0.3) is 11.1 Å². The lowest BCUT2D eigenvalue weighted by atomic mass is 10.0. The number of nitrogen functional groups attached to an aromatic ring is 1. The smallest absolute Gasteiger partial charge is 0.238 e. The van der Waals surface area contributed by atoms with Gasteiger partial charge in [-0.2, -0.15) is 0 Å². The van der Waals surface area contributed by atoms with Crippen molar-refractivity contribution in [3.8, 4) is 16.9 Å². The molecule has 7 nitrogen and oxygen atoms in total. The maximum absolute atomic E-state index is 11.3. The molecule has 0 radical (unpaired) electrons. The fraction of sp³-hybridized carbons (Fsp3) is 0.200. The Bertz CT molecular complexity index is 1120. The van der Waals surface area contributed by atoms with Crippen LogP contribution in [0, 0.1) is 0 Å². The predicted molar refractivity (Wildman–Crippen MR) is 120 cm³/mol. The number of nitrogens with zero attached hydrogens (tertiary/aromatic N) is 2. The molecular formula is C20H21ClN4O3S2. The van der Waals surface area contributed by atoms with Crippen molar-refractivity contribution in [2.45, 2.75) is 23.4 Å². The molecule has 10 heteroatoms. The molecule has 0 aliphatic rings. The highest BCUT2D eigenvalue weighted by Crippen LogP contribution is 2.31. The van der Waals surface area contributed by atoms with Crippen LogP contribution in [0.15, 0.2) is 58.6 Å². The van der Waals surface area contributed by atoms with Crippen LogP contribution in [-0.4, -0.2) is 30.7 Å². The molecule has 0 spiro atoms. The van der Waals surface area contributed by atoms with Gasteiger partial charge in [0.25, 0.3) is 0 Å². The van der Waals surface area contributed by atoms with Crippen LogP contribution in [0.2, 0.25) is 5.02 Å². The molecule has 0 bridgehead atoms. The van der Waals surface area contributed by atoms with Crippen molar-refractivity contribution in [2.24, 2.45) is 5.14 Å². The molecule has 0 fully saturated rings. The van der Waals surface area contributed by atoms with E-state index in [1.54, 1.807) is 12.1 Å². The highest BCUT2D eigenvalue weighted by atomic mass is 35.5. The Balaban J connectivity index is 1.63. The van der Waals surface area contributed by atoms with Crippen LogP contribution in [0.5, 0.6) is 5.75 Å². The van der Waals surface area contributed by atoms with Crippen molar-refractivity contribution in [3.63, 3.8) is 0 Å². The lowest BCUT2D eigenvalue weighted by molar-refractivity contribution is 0.343. The topological polar surface area (TPSA) is 121 Å². The first-order valence-corrected chi connectivity index (χ1v) is 12.0. The van der Waals surface area contributed by atoms with Crippen LogP contribution in [-0.2, 0) is 16.4 Å². The zero-order valence-electron chi connectivity index (χ0n) is 16.2. The standard InChI is InChI=1S/C20H21ClN4O3S2/c1-2-17-18(13-3-5-14(21)6-4-13)19(22)25-20(24-17)29-12-11-28-15-7-9-16(10-8-15)30(23,26)27/h3-10H,2,11-12H2,1H3,(H2,22,24,25)(H2,23,26,27). The van der Waals surface area contributed by atoms with Crippen molar-refractivity contribution in [2.75, 3.05) is 18.1 Å². The van der Waals surface area contributed by atoms with E-state index in [2.05, 4.69) is 9.97 Å². The van der Waals surface area contributed by atoms with Gasteiger partial charge in [0, 0.05) is 16.3 Å². The SMILES string of the molecule is CCc1nc(SCCOc2ccc(S(N)(=O)=O)cc2)nc(N)c1-c1ccc(Cl)cc1. The number of nitrogens with two attached hydrogens (primary N) is 2. The second-order valence-corrected chi connectivity index (χ2v) is 9.35. The second kappa shape index (κ2) is 9.65. The number of hydrogen-bond acceptors (Lipinski definition) is 7. The maximum atomic E-state index is 11.3. The van der Waals surface area contributed by atoms with E-state index < -0.39 is 10.0 Å². The Kier molecular flexibility index (Phi) is 7.19. The lowest BCUT2D eigenvalue weighted by Crippen LogP contribution is -2.11. The average molecular weight is 465 g/mol. The molecule has 0 aliphatic carbocycles. The van der Waals surface area contributed by atoms with Crippen molar-refractivity contribution < 1.29 is 13.2 Å². The van der Waals surface area contributed by atoms with Gasteiger partial charge < -0.3 is 10.5 Å². The number of primary sulfonamides is 1. The van der Waals surface area contributed by atoms with Crippen LogP contribution in [0.1, 0.15) is 12.6 Å². The number of aromatic nitrogens is 2. The summed E-state index contributed by atoms with van der Waals surface area (Å²) in [6, 6.07) is 13.4. The Hall–Kier alpha value is -2.33. The molecule has 2 aromatic carbocycles. The van der Waals surface area contributed by atoms with Crippen LogP contribution < -0.4 is 15.6 Å². The number of halogens is 1. The van der Waals surface area contributed by atoms with E-state index >= 15 is 0 Å². The van der Waals surface area contributed by atoms with Crippen molar-refractivity contribution in [1.82, 2.24) is 9.97 Å². The Labute approximate surface area is 184 Å². The lowest BCUT2D eigenvalue weighted by Gasteiger charge is -2.12. The van der Waals surface area contributed by atoms with Gasteiger partial charge in [-0.05, 0) is 48.4 Å². The number of hydrogen-bond donors (Lipinski definition) is 2. The number of thioether (sulfide) groups is 1. The number of sulfonamides is 1. The molecule has 4 N–H and O–H groups in total. The van der Waals surface area contributed by atoms with Crippen LogP contribution in [0.3, 0.4) is 0 Å². The Morgan fingerprint density at radius 3 is 2.33 bits per heavy atom. The van der Waals surface area contributed by atoms with Crippen molar-refractivity contribution >= 4 is 39.2 Å². The minimum absolute atomic E-state index is 0.0426. The van der Waals surface area contributed by atoms with Gasteiger partial charge in [-0.25, -0.2) is 23.5 Å². The van der Waals surface area contributed by atoms with E-state index in [0.29, 0.717) is 40.5 Å². The highest BCUT2D eigenvalue weighted by Gasteiger charge is 2.14. The number of aryl methyl sites for hydroxylation is 1. The van der Waals surface area contributed by atoms with Gasteiger partial charge in [-0.1, -0.05) is 42.4 Å². The number of benzene rings is 2. The first kappa shape index (κ1) is 22.4. The summed E-state index contributed by atoms with van der Waals surface area (Å²) in [5.41, 5.74) is 8.84. The van der Waals surface area contributed by atoms with Gasteiger partial charge in [-0.15, -0.1) is 0 Å². The highest BCUT2D eigenvalue weighted by molar-refractivity contribution is 7.99. The molecule has 0 aliphatic heterocycles. The van der Waals surface area contributed by atoms with Gasteiger partial charge in [0.05, 0.1) is 17.2 Å². The Morgan fingerprint density at radius 2 is 1.73 bits per heavy atom. The van der Waals surface area contributed by atoms with Gasteiger partial charge >= 0.3 is 0 Å². The number of rotatable bonds is 8. The summed E-state index contributed by atoms with van der Waals surface area (Å²) in [6.07, 6.45) is 0.713. The van der Waals surface area contributed by atoms with Gasteiger partial charge in [0.15, 0.2) is 5.16 Å². The fourth-order valence-corrected chi connectivity index (χ4v) is 4.10. The minimum Gasteiger partial charge on any atom is -0.493 e. The van der Waals surface area contributed by atoms with Gasteiger partial charge in [0.2, 0.25) is 10.0 Å². The summed E-state index contributed by atoms with van der Waals surface area (Å²) < 4.78 is 28.2. The third-order valence-corrected chi connectivity index (χ3v) is 6.19. The zero-order valence-corrected chi connectivity index (χ0v) is 18.6. The summed E-state index contributed by atoms with van der Waals surface area (Å²) >= 11 is 7.40. The van der Waals surface area contributed by atoms with Crippen LogP contribution in [0.4, 0.5) is 5.82 Å². The van der Waals surface area contributed by atoms with E-state index in [1.165, 1.54) is 23.9 Å². The quantitative estimate of drug-likeness (QED) is 0.295. The molecule has 158 valence electrons. The summed E-state index contributed by atoms with van der Waals surface area (Å²) in [7, 11) is -3.71. The molecule has 0 atom stereocenters. The molecule has 0 unspecified atom stereocenters. The third kappa shape index (κ3) is 5.63. The molecule has 1 aromatic heterocycles. The van der Waals surface area contributed by atoms with Gasteiger partial charge in [-0.3, -0.25) is 0 Å². The molecular weight excluding hydrogens is 444 g/mol. The fourth-order valence-electron chi connectivity index (χ4n) is 2.77. The van der Waals surface area contributed by atoms with E-state index in [1.807, 2.05) is 31.2 Å². The maximum Gasteiger partial charge on any atom is 0.238 e. The first-order valence-electron chi connectivity index (χ1n) is 9.08. The summed E-state index contributed by atoms with van der Waals surface area (Å²) in [4.78, 5) is 9.10. The van der Waals surface area contributed by atoms with Crippen LogP contribution >= 0.6 is 23.4 Å². The zero-order chi connectivity index (χ0) is 21.7. The largest absolute Gasteiger partial charge is 0.493 e. The molecule has 30 heavy (non-hydrogen) atoms. The molecule has 0 saturated heterocycles. The monoisotopic (exact) mass is 464 g/mol. The molecule has 0 saturated carbocycles. The van der Waals surface area contributed by atoms with Crippen molar-refractivity contribution in [1.29, 1.82) is 0 Å². The van der Waals surface area contributed by atoms with Crippen molar-refractivity contribution in [3.05, 3.63) is 59.2 Å². The second-order valence-electron chi connectivity index (χ2n) is 6.29. The van der Waals surface area contributed by atoms with E-state index in [4.69, 9.17) is 27.2 Å². The summed E-state index contributed by atoms with van der Waals surface area (Å²) in [5, 5.41) is 6.32. The minimum atomic E-state index is -3.71. The van der Waals surface area contributed by atoms with E-state index in [0.717, 1.165) is 16.8 Å². The third-order valence-electron chi connectivity index (χ3n) is 4.19. The predicted octanol–water partition coefficient (Wildman–Crippen LogP) is 3.76. The molecule has 3 rings (SSSR count). The molecule has 3 aromatic rings. The normalized spacial score (nSPS) is 11.4. The summed E-state index contributed by atoms with van der Waals surface area (Å²) in [5.74, 6) is 1.57. The first-order chi connectivity index (χ1) is 14.3. The Morgan fingerprint density at radius 1 is 1.07 bits per heavy atom. The van der Waals surface area contributed by atoms with E-state index in [-0.39, 0.29) is 4.90 Å². The number of ether oxygens (including phenoxy) is 1. The average Bonchev–Trinajstić information content (AvgIpc) is 2.71. The number of anilines is 1. The summed E-state index contributed by atoms with van der Waals surface area (Å²) in [6.45, 7) is 2.41. The van der Waals surface area contributed by atoms with E-state index in [9.17, 15) is 8.42 Å². The van der Waals surface area contributed by atoms with Gasteiger partial charge in [0.1, 0.15) is 11.6 Å².